The van der Waals surface area contributed by atoms with Gasteiger partial charge in [-0.05, 0) is 43.7 Å². The highest BCUT2D eigenvalue weighted by atomic mass is 35.5. The van der Waals surface area contributed by atoms with Crippen LogP contribution in [0.1, 0.15) is 52.2 Å². The number of hydrogen-bond acceptors (Lipinski definition) is 2. The van der Waals surface area contributed by atoms with Crippen LogP contribution >= 0.6 is 22.9 Å². The van der Waals surface area contributed by atoms with Gasteiger partial charge in [0.25, 0.3) is 5.91 Å². The Balaban J connectivity index is 1.75. The molecule has 2 nitrogen and oxygen atoms in total. The second-order valence-electron chi connectivity index (χ2n) is 5.70. The lowest BCUT2D eigenvalue weighted by Gasteiger charge is -2.34. The van der Waals surface area contributed by atoms with Crippen LogP contribution in [0.15, 0.2) is 6.07 Å². The number of carbonyl (C=O) groups is 1. The number of amides is 1. The zero-order chi connectivity index (χ0) is 13.4. The van der Waals surface area contributed by atoms with Crippen molar-refractivity contribution in [3.63, 3.8) is 0 Å². The van der Waals surface area contributed by atoms with Crippen LogP contribution in [0.25, 0.3) is 0 Å². The average Bonchev–Trinajstić information content (AvgIpc) is 2.98. The summed E-state index contributed by atoms with van der Waals surface area (Å²) in [4.78, 5) is 16.8. The Labute approximate surface area is 123 Å². The number of rotatable bonds is 2. The fourth-order valence-electron chi connectivity index (χ4n) is 3.26. The van der Waals surface area contributed by atoms with Crippen molar-refractivity contribution in [2.75, 3.05) is 7.05 Å². The molecular formula is C15H20ClNOS. The molecule has 2 aliphatic carbocycles. The molecule has 1 heterocycles. The average molecular weight is 298 g/mol. The number of carbonyl (C=O) groups excluding carboxylic acids is 1. The maximum atomic E-state index is 12.6. The van der Waals surface area contributed by atoms with Gasteiger partial charge in [-0.3, -0.25) is 4.79 Å². The quantitative estimate of drug-likeness (QED) is 0.759. The second-order valence-corrected chi connectivity index (χ2v) is 7.39. The van der Waals surface area contributed by atoms with Crippen molar-refractivity contribution < 1.29 is 4.79 Å². The van der Waals surface area contributed by atoms with E-state index in [1.807, 2.05) is 11.9 Å². The summed E-state index contributed by atoms with van der Waals surface area (Å²) >= 11 is 8.08. The molecule has 1 saturated carbocycles. The van der Waals surface area contributed by atoms with Gasteiger partial charge in [0.05, 0.1) is 10.3 Å². The first-order valence-corrected chi connectivity index (χ1v) is 8.45. The van der Waals surface area contributed by atoms with Crippen LogP contribution in [0.2, 0.25) is 0 Å². The van der Waals surface area contributed by atoms with Crippen LogP contribution < -0.4 is 0 Å². The van der Waals surface area contributed by atoms with E-state index in [-0.39, 0.29) is 17.3 Å². The Hall–Kier alpha value is -0.540. The number of aryl methyl sites for hydroxylation is 2. The molecule has 1 fully saturated rings. The highest BCUT2D eigenvalue weighted by molar-refractivity contribution is 7.14. The lowest BCUT2D eigenvalue weighted by atomic mass is 9.94. The summed E-state index contributed by atoms with van der Waals surface area (Å²) in [5.41, 5.74) is 1.40. The summed E-state index contributed by atoms with van der Waals surface area (Å²) < 4.78 is 0. The first-order valence-electron chi connectivity index (χ1n) is 7.19. The minimum atomic E-state index is 0.120. The van der Waals surface area contributed by atoms with Crippen LogP contribution in [-0.4, -0.2) is 29.3 Å². The van der Waals surface area contributed by atoms with Crippen molar-refractivity contribution in [2.24, 2.45) is 0 Å². The van der Waals surface area contributed by atoms with E-state index in [1.54, 1.807) is 11.3 Å². The van der Waals surface area contributed by atoms with Crippen molar-refractivity contribution in [3.8, 4) is 0 Å². The van der Waals surface area contributed by atoms with Gasteiger partial charge in [-0.1, -0.05) is 12.8 Å². The largest absolute Gasteiger partial charge is 0.337 e. The van der Waals surface area contributed by atoms with E-state index in [0.29, 0.717) is 0 Å². The van der Waals surface area contributed by atoms with Gasteiger partial charge in [0, 0.05) is 18.0 Å². The monoisotopic (exact) mass is 297 g/mol. The minimum Gasteiger partial charge on any atom is -0.337 e. The number of thiophene rings is 1. The van der Waals surface area contributed by atoms with E-state index in [1.165, 1.54) is 29.7 Å². The lowest BCUT2D eigenvalue weighted by Crippen LogP contribution is -2.44. The molecule has 0 aliphatic heterocycles. The van der Waals surface area contributed by atoms with Crippen LogP contribution in [0, 0.1) is 0 Å². The maximum Gasteiger partial charge on any atom is 0.263 e. The SMILES string of the molecule is CN(C(=O)c1cc2c(s1)CCC2)C1CCCCC1Cl. The number of fused-ring (bicyclic) bond motifs is 1. The van der Waals surface area contributed by atoms with E-state index >= 15 is 0 Å². The fraction of sp³-hybridized carbons (Fsp3) is 0.667. The number of alkyl halides is 1. The van der Waals surface area contributed by atoms with Crippen molar-refractivity contribution in [2.45, 2.75) is 56.4 Å². The zero-order valence-electron chi connectivity index (χ0n) is 11.3. The Morgan fingerprint density at radius 3 is 2.84 bits per heavy atom. The van der Waals surface area contributed by atoms with Crippen molar-refractivity contribution >= 4 is 28.8 Å². The highest BCUT2D eigenvalue weighted by Crippen LogP contribution is 2.33. The van der Waals surface area contributed by atoms with E-state index in [2.05, 4.69) is 6.07 Å². The Morgan fingerprint density at radius 2 is 2.11 bits per heavy atom. The standard InChI is InChI=1S/C15H20ClNOS/c1-17(12-7-3-2-6-11(12)16)15(18)14-9-10-5-4-8-13(10)19-14/h9,11-12H,2-8H2,1H3. The topological polar surface area (TPSA) is 20.3 Å². The van der Waals surface area contributed by atoms with Crippen LogP contribution in [0.5, 0.6) is 0 Å². The third-order valence-electron chi connectivity index (χ3n) is 4.42. The summed E-state index contributed by atoms with van der Waals surface area (Å²) in [6.45, 7) is 0. The van der Waals surface area contributed by atoms with Gasteiger partial charge in [-0.2, -0.15) is 0 Å². The molecule has 2 unspecified atom stereocenters. The molecule has 0 spiro atoms. The van der Waals surface area contributed by atoms with Gasteiger partial charge < -0.3 is 4.90 Å². The predicted octanol–water partition coefficient (Wildman–Crippen LogP) is 3.86. The van der Waals surface area contributed by atoms with Crippen molar-refractivity contribution in [1.82, 2.24) is 4.90 Å². The number of nitrogens with zero attached hydrogens (tertiary/aromatic N) is 1. The smallest absolute Gasteiger partial charge is 0.263 e. The molecule has 3 rings (SSSR count). The van der Waals surface area contributed by atoms with E-state index < -0.39 is 0 Å². The normalized spacial score (nSPS) is 26.2. The number of halogens is 1. The minimum absolute atomic E-state index is 0.120. The molecule has 0 bridgehead atoms. The van der Waals surface area contributed by atoms with Gasteiger partial charge >= 0.3 is 0 Å². The summed E-state index contributed by atoms with van der Waals surface area (Å²) in [5.74, 6) is 0.164. The summed E-state index contributed by atoms with van der Waals surface area (Å²) in [6.07, 6.45) is 8.00. The molecule has 0 saturated heterocycles. The molecule has 2 atom stereocenters. The first-order chi connectivity index (χ1) is 9.16. The first kappa shape index (κ1) is 13.4. The summed E-state index contributed by atoms with van der Waals surface area (Å²) in [7, 11) is 1.92. The highest BCUT2D eigenvalue weighted by Gasteiger charge is 2.31. The molecule has 1 aromatic rings. The Bertz CT molecular complexity index is 463. The van der Waals surface area contributed by atoms with Gasteiger partial charge in [-0.25, -0.2) is 0 Å². The van der Waals surface area contributed by atoms with Crippen LogP contribution in [0.3, 0.4) is 0 Å². The van der Waals surface area contributed by atoms with E-state index in [0.717, 1.165) is 30.6 Å². The summed E-state index contributed by atoms with van der Waals surface area (Å²) in [5, 5.41) is 0.120. The molecule has 1 amide bonds. The van der Waals surface area contributed by atoms with Crippen LogP contribution in [-0.2, 0) is 12.8 Å². The summed E-state index contributed by atoms with van der Waals surface area (Å²) in [6, 6.07) is 2.32. The van der Waals surface area contributed by atoms with Gasteiger partial charge in [0.15, 0.2) is 0 Å². The van der Waals surface area contributed by atoms with Crippen molar-refractivity contribution in [1.29, 1.82) is 0 Å². The maximum absolute atomic E-state index is 12.6. The third kappa shape index (κ3) is 2.55. The van der Waals surface area contributed by atoms with Crippen LogP contribution in [0.4, 0.5) is 0 Å². The molecule has 19 heavy (non-hydrogen) atoms. The van der Waals surface area contributed by atoms with E-state index in [9.17, 15) is 4.79 Å². The molecule has 0 N–H and O–H groups in total. The predicted molar refractivity (Wildman–Crippen MR) is 80.3 cm³/mol. The van der Waals surface area contributed by atoms with E-state index in [4.69, 9.17) is 11.6 Å². The Kier molecular flexibility index (Phi) is 3.86. The molecule has 4 heteroatoms. The third-order valence-corrected chi connectivity index (χ3v) is 6.16. The molecule has 0 radical (unpaired) electrons. The Morgan fingerprint density at radius 1 is 1.32 bits per heavy atom. The van der Waals surface area contributed by atoms with Gasteiger partial charge in [0.2, 0.25) is 0 Å². The fourth-order valence-corrected chi connectivity index (χ4v) is 4.95. The number of hydrogen-bond donors (Lipinski definition) is 0. The van der Waals surface area contributed by atoms with Crippen molar-refractivity contribution in [3.05, 3.63) is 21.4 Å². The molecule has 2 aliphatic rings. The van der Waals surface area contributed by atoms with Gasteiger partial charge in [-0.15, -0.1) is 22.9 Å². The molecule has 0 aromatic carbocycles. The molecule has 104 valence electrons. The van der Waals surface area contributed by atoms with Gasteiger partial charge in [0.1, 0.15) is 0 Å². The lowest BCUT2D eigenvalue weighted by molar-refractivity contribution is 0.0705. The molecule has 1 aromatic heterocycles. The molecular weight excluding hydrogens is 278 g/mol. The zero-order valence-corrected chi connectivity index (χ0v) is 12.9. The second kappa shape index (κ2) is 5.45.